The molecule has 1 saturated heterocycles. The molecule has 4 heteroatoms. The first-order valence-corrected chi connectivity index (χ1v) is 7.43. The van der Waals surface area contributed by atoms with Crippen molar-refractivity contribution in [3.05, 3.63) is 23.8 Å². The molecule has 1 aromatic carbocycles. The second kappa shape index (κ2) is 5.62. The molecule has 1 aromatic rings. The molecule has 2 aliphatic heterocycles. The summed E-state index contributed by atoms with van der Waals surface area (Å²) in [6, 6.07) is 5.73. The molecule has 0 saturated carbocycles. The Bertz CT molecular complexity index is 467. The first kappa shape index (κ1) is 13.7. The van der Waals surface area contributed by atoms with Crippen LogP contribution in [0.15, 0.2) is 18.2 Å². The summed E-state index contributed by atoms with van der Waals surface area (Å²) < 4.78 is 11.1. The van der Waals surface area contributed by atoms with Crippen LogP contribution in [0.25, 0.3) is 0 Å². The van der Waals surface area contributed by atoms with E-state index >= 15 is 0 Å². The zero-order valence-corrected chi connectivity index (χ0v) is 12.2. The molecule has 0 aliphatic carbocycles. The molecule has 2 heterocycles. The van der Waals surface area contributed by atoms with Crippen LogP contribution < -0.4 is 9.47 Å². The van der Waals surface area contributed by atoms with E-state index < -0.39 is 6.10 Å². The number of β-amino-alcohol motifs (C(OH)–C–C–N with tert-alkyl or cyclic N) is 1. The number of likely N-dealkylation sites (tertiary alicyclic amines) is 1. The van der Waals surface area contributed by atoms with Gasteiger partial charge >= 0.3 is 0 Å². The summed E-state index contributed by atoms with van der Waals surface area (Å²) in [6.07, 6.45) is -0.469. The summed E-state index contributed by atoms with van der Waals surface area (Å²) in [7, 11) is 0. The molecule has 20 heavy (non-hydrogen) atoms. The van der Waals surface area contributed by atoms with Gasteiger partial charge in [0.15, 0.2) is 11.5 Å². The second-order valence-electron chi connectivity index (χ2n) is 6.09. The number of hydrogen-bond acceptors (Lipinski definition) is 4. The summed E-state index contributed by atoms with van der Waals surface area (Å²) in [6.45, 7) is 8.56. The maximum atomic E-state index is 10.4. The van der Waals surface area contributed by atoms with Crippen molar-refractivity contribution >= 4 is 0 Å². The molecule has 0 bridgehead atoms. The fourth-order valence-electron chi connectivity index (χ4n) is 3.02. The molecule has 2 aliphatic rings. The predicted molar refractivity (Wildman–Crippen MR) is 77.2 cm³/mol. The van der Waals surface area contributed by atoms with E-state index in [1.54, 1.807) is 0 Å². The lowest BCUT2D eigenvalue weighted by Gasteiger charge is -2.23. The van der Waals surface area contributed by atoms with E-state index in [9.17, 15) is 5.11 Å². The molecule has 110 valence electrons. The number of ether oxygens (including phenoxy) is 2. The Kier molecular flexibility index (Phi) is 3.85. The summed E-state index contributed by atoms with van der Waals surface area (Å²) in [5, 5.41) is 10.4. The van der Waals surface area contributed by atoms with Crippen LogP contribution in [0.4, 0.5) is 0 Å². The van der Waals surface area contributed by atoms with E-state index in [4.69, 9.17) is 9.47 Å². The number of fused-ring (bicyclic) bond motifs is 1. The number of benzene rings is 1. The second-order valence-corrected chi connectivity index (χ2v) is 6.09. The average molecular weight is 277 g/mol. The molecule has 0 radical (unpaired) electrons. The van der Waals surface area contributed by atoms with Crippen molar-refractivity contribution in [1.29, 1.82) is 0 Å². The summed E-state index contributed by atoms with van der Waals surface area (Å²) >= 11 is 0. The van der Waals surface area contributed by atoms with E-state index in [2.05, 4.69) is 18.7 Å². The number of rotatable bonds is 3. The van der Waals surface area contributed by atoms with E-state index in [1.807, 2.05) is 18.2 Å². The smallest absolute Gasteiger partial charge is 0.161 e. The third kappa shape index (κ3) is 2.76. The molecule has 3 atom stereocenters. The SMILES string of the molecule is CC1CN(CC(O)c2ccc3c(c2)OCCO3)CC1C. The van der Waals surface area contributed by atoms with Gasteiger partial charge in [-0.05, 0) is 29.5 Å². The van der Waals surface area contributed by atoms with Crippen molar-refractivity contribution in [2.75, 3.05) is 32.8 Å². The molecule has 0 spiro atoms. The zero-order chi connectivity index (χ0) is 14.1. The van der Waals surface area contributed by atoms with Gasteiger partial charge in [0, 0.05) is 19.6 Å². The summed E-state index contributed by atoms with van der Waals surface area (Å²) in [5.74, 6) is 2.94. The van der Waals surface area contributed by atoms with Gasteiger partial charge in [-0.1, -0.05) is 19.9 Å². The largest absolute Gasteiger partial charge is 0.486 e. The van der Waals surface area contributed by atoms with Crippen molar-refractivity contribution in [1.82, 2.24) is 4.90 Å². The van der Waals surface area contributed by atoms with E-state index in [0.29, 0.717) is 31.6 Å². The highest BCUT2D eigenvalue weighted by atomic mass is 16.6. The Morgan fingerprint density at radius 3 is 2.50 bits per heavy atom. The number of aliphatic hydroxyl groups excluding tert-OH is 1. The van der Waals surface area contributed by atoms with Gasteiger partial charge in [0.2, 0.25) is 0 Å². The van der Waals surface area contributed by atoms with Gasteiger partial charge in [-0.3, -0.25) is 4.90 Å². The topological polar surface area (TPSA) is 41.9 Å². The maximum absolute atomic E-state index is 10.4. The van der Waals surface area contributed by atoms with Gasteiger partial charge in [0.1, 0.15) is 13.2 Å². The number of nitrogens with zero attached hydrogens (tertiary/aromatic N) is 1. The predicted octanol–water partition coefficient (Wildman–Crippen LogP) is 2.08. The molecule has 3 rings (SSSR count). The third-order valence-electron chi connectivity index (χ3n) is 4.45. The van der Waals surface area contributed by atoms with Gasteiger partial charge in [-0.25, -0.2) is 0 Å². The first-order chi connectivity index (χ1) is 9.63. The van der Waals surface area contributed by atoms with E-state index in [1.165, 1.54) is 0 Å². The fraction of sp³-hybridized carbons (Fsp3) is 0.625. The van der Waals surface area contributed by atoms with Crippen LogP contribution in [0.2, 0.25) is 0 Å². The fourth-order valence-corrected chi connectivity index (χ4v) is 3.02. The Balaban J connectivity index is 1.66. The highest BCUT2D eigenvalue weighted by Crippen LogP contribution is 2.33. The Hall–Kier alpha value is -1.26. The minimum Gasteiger partial charge on any atom is -0.486 e. The van der Waals surface area contributed by atoms with Crippen LogP contribution in [0.5, 0.6) is 11.5 Å². The van der Waals surface area contributed by atoms with Crippen LogP contribution in [0, 0.1) is 11.8 Å². The molecule has 0 amide bonds. The van der Waals surface area contributed by atoms with Crippen LogP contribution in [0.1, 0.15) is 25.5 Å². The first-order valence-electron chi connectivity index (χ1n) is 7.43. The normalized spacial score (nSPS) is 27.6. The van der Waals surface area contributed by atoms with Crippen molar-refractivity contribution in [2.45, 2.75) is 20.0 Å². The van der Waals surface area contributed by atoms with Crippen molar-refractivity contribution in [3.8, 4) is 11.5 Å². The molecule has 1 N–H and O–H groups in total. The van der Waals surface area contributed by atoms with Crippen LogP contribution >= 0.6 is 0 Å². The highest BCUT2D eigenvalue weighted by Gasteiger charge is 2.27. The monoisotopic (exact) mass is 277 g/mol. The molecule has 4 nitrogen and oxygen atoms in total. The Labute approximate surface area is 120 Å². The van der Waals surface area contributed by atoms with Crippen LogP contribution in [-0.2, 0) is 0 Å². The highest BCUT2D eigenvalue weighted by molar-refractivity contribution is 5.44. The lowest BCUT2D eigenvalue weighted by Crippen LogP contribution is -2.26. The van der Waals surface area contributed by atoms with Crippen molar-refractivity contribution in [3.63, 3.8) is 0 Å². The molecule has 1 fully saturated rings. The average Bonchev–Trinajstić information content (AvgIpc) is 2.76. The minimum absolute atomic E-state index is 0.469. The van der Waals surface area contributed by atoms with Crippen molar-refractivity contribution in [2.24, 2.45) is 11.8 Å². The van der Waals surface area contributed by atoms with Gasteiger partial charge in [0.25, 0.3) is 0 Å². The van der Waals surface area contributed by atoms with E-state index in [0.717, 1.165) is 30.2 Å². The third-order valence-corrected chi connectivity index (χ3v) is 4.45. The van der Waals surface area contributed by atoms with Crippen molar-refractivity contribution < 1.29 is 14.6 Å². The molecular weight excluding hydrogens is 254 g/mol. The van der Waals surface area contributed by atoms with Gasteiger partial charge in [-0.2, -0.15) is 0 Å². The summed E-state index contributed by atoms with van der Waals surface area (Å²) in [4.78, 5) is 2.34. The van der Waals surface area contributed by atoms with Gasteiger partial charge in [0.05, 0.1) is 6.10 Å². The molecule has 0 aromatic heterocycles. The quantitative estimate of drug-likeness (QED) is 0.918. The standard InChI is InChI=1S/C16H23NO3/c1-11-8-17(9-12(11)2)10-14(18)13-3-4-15-16(7-13)20-6-5-19-15/h3-4,7,11-12,14,18H,5-6,8-10H2,1-2H3. The zero-order valence-electron chi connectivity index (χ0n) is 12.2. The maximum Gasteiger partial charge on any atom is 0.161 e. The number of hydrogen-bond donors (Lipinski definition) is 1. The Morgan fingerprint density at radius 2 is 1.80 bits per heavy atom. The summed E-state index contributed by atoms with van der Waals surface area (Å²) in [5.41, 5.74) is 0.904. The van der Waals surface area contributed by atoms with E-state index in [-0.39, 0.29) is 0 Å². The van der Waals surface area contributed by atoms with Gasteiger partial charge < -0.3 is 14.6 Å². The van der Waals surface area contributed by atoms with Crippen LogP contribution in [0.3, 0.4) is 0 Å². The lowest BCUT2D eigenvalue weighted by atomic mass is 10.0. The van der Waals surface area contributed by atoms with Gasteiger partial charge in [-0.15, -0.1) is 0 Å². The Morgan fingerprint density at radius 1 is 1.15 bits per heavy atom. The minimum atomic E-state index is -0.469. The lowest BCUT2D eigenvalue weighted by molar-refractivity contribution is 0.122. The molecular formula is C16H23NO3. The molecule has 3 unspecified atom stereocenters. The van der Waals surface area contributed by atoms with Crippen LogP contribution in [-0.4, -0.2) is 42.9 Å². The number of aliphatic hydroxyl groups is 1.